The Morgan fingerprint density at radius 3 is 2.43 bits per heavy atom. The standard InChI is InChI=1S/C21H23N3O4/c1-14(25)28-20-22-24(16-8-6-5-7-9-16)21(2)17-13-19(27-4)18(26-3)12-15(17)10-11-23(20)21/h5-9,12-13H,10-11H2,1-4H3/t21-/m1/s1. The quantitative estimate of drug-likeness (QED) is 0.762. The van der Waals surface area contributed by atoms with Crippen LogP contribution in [0.25, 0.3) is 0 Å². The number of esters is 1. The maximum Gasteiger partial charge on any atom is 0.319 e. The van der Waals surface area contributed by atoms with Crippen LogP contribution in [0.4, 0.5) is 5.69 Å². The molecule has 2 aliphatic rings. The lowest BCUT2D eigenvalue weighted by atomic mass is 9.87. The number of carbonyl (C=O) groups is 1. The molecule has 146 valence electrons. The number of amidine groups is 1. The summed E-state index contributed by atoms with van der Waals surface area (Å²) in [6.07, 6.45) is 0.772. The molecule has 0 spiro atoms. The molecule has 0 N–H and O–H groups in total. The second kappa shape index (κ2) is 6.74. The van der Waals surface area contributed by atoms with Gasteiger partial charge < -0.3 is 14.2 Å². The van der Waals surface area contributed by atoms with Crippen LogP contribution in [0.5, 0.6) is 11.5 Å². The van der Waals surface area contributed by atoms with E-state index in [0.29, 0.717) is 24.1 Å². The van der Waals surface area contributed by atoms with Gasteiger partial charge in [-0.25, -0.2) is 5.01 Å². The molecular weight excluding hydrogens is 358 g/mol. The van der Waals surface area contributed by atoms with Crippen LogP contribution in [0.15, 0.2) is 47.6 Å². The van der Waals surface area contributed by atoms with Crippen LogP contribution in [-0.4, -0.2) is 37.7 Å². The first-order chi connectivity index (χ1) is 13.5. The topological polar surface area (TPSA) is 63.6 Å². The van der Waals surface area contributed by atoms with E-state index in [0.717, 1.165) is 23.2 Å². The fraction of sp³-hybridized carbons (Fsp3) is 0.333. The van der Waals surface area contributed by atoms with Gasteiger partial charge in [0.15, 0.2) is 17.2 Å². The molecule has 7 heteroatoms. The number of fused-ring (bicyclic) bond motifs is 3. The van der Waals surface area contributed by atoms with E-state index >= 15 is 0 Å². The van der Waals surface area contributed by atoms with Gasteiger partial charge in [-0.2, -0.15) is 0 Å². The Morgan fingerprint density at radius 2 is 1.79 bits per heavy atom. The first-order valence-corrected chi connectivity index (χ1v) is 9.14. The summed E-state index contributed by atoms with van der Waals surface area (Å²) in [4.78, 5) is 13.7. The van der Waals surface area contributed by atoms with Crippen LogP contribution in [0.1, 0.15) is 25.0 Å². The number of benzene rings is 2. The molecule has 7 nitrogen and oxygen atoms in total. The van der Waals surface area contributed by atoms with Crippen LogP contribution in [0, 0.1) is 0 Å². The number of rotatable bonds is 3. The normalized spacial score (nSPS) is 20.2. The van der Waals surface area contributed by atoms with E-state index in [1.54, 1.807) is 14.2 Å². The molecule has 0 fully saturated rings. The van der Waals surface area contributed by atoms with E-state index in [1.165, 1.54) is 6.92 Å². The number of ether oxygens (including phenoxy) is 3. The SMILES string of the molecule is COc1cc2c(cc1OC)[C@]1(C)N(CC2)C(OC(C)=O)=NN1c1ccccc1. The van der Waals surface area contributed by atoms with Crippen LogP contribution >= 0.6 is 0 Å². The van der Waals surface area contributed by atoms with Gasteiger partial charge in [-0.15, -0.1) is 5.10 Å². The van der Waals surface area contributed by atoms with Crippen molar-refractivity contribution in [3.05, 3.63) is 53.6 Å². The van der Waals surface area contributed by atoms with Crippen LogP contribution in [0.2, 0.25) is 0 Å². The van der Waals surface area contributed by atoms with E-state index in [2.05, 4.69) is 12.0 Å². The van der Waals surface area contributed by atoms with Gasteiger partial charge in [0.2, 0.25) is 0 Å². The highest BCUT2D eigenvalue weighted by molar-refractivity contribution is 5.90. The Hall–Kier alpha value is -3.22. The Kier molecular flexibility index (Phi) is 4.37. The van der Waals surface area contributed by atoms with Gasteiger partial charge in [-0.1, -0.05) is 18.2 Å². The van der Waals surface area contributed by atoms with Crippen molar-refractivity contribution in [3.8, 4) is 11.5 Å². The summed E-state index contributed by atoms with van der Waals surface area (Å²) >= 11 is 0. The first-order valence-electron chi connectivity index (χ1n) is 9.14. The molecule has 0 aromatic heterocycles. The van der Waals surface area contributed by atoms with Crippen molar-refractivity contribution < 1.29 is 19.0 Å². The number of methoxy groups -OCH3 is 2. The van der Waals surface area contributed by atoms with E-state index in [-0.39, 0.29) is 0 Å². The van der Waals surface area contributed by atoms with Gasteiger partial charge in [-0.3, -0.25) is 9.69 Å². The van der Waals surface area contributed by atoms with Gasteiger partial charge in [-0.05, 0) is 43.2 Å². The van der Waals surface area contributed by atoms with Crippen molar-refractivity contribution in [3.63, 3.8) is 0 Å². The second-order valence-corrected chi connectivity index (χ2v) is 6.91. The maximum absolute atomic E-state index is 11.7. The van der Waals surface area contributed by atoms with Crippen molar-refractivity contribution in [2.45, 2.75) is 25.9 Å². The van der Waals surface area contributed by atoms with E-state index < -0.39 is 11.6 Å². The predicted octanol–water partition coefficient (Wildman–Crippen LogP) is 3.09. The number of hydrogen-bond acceptors (Lipinski definition) is 7. The summed E-state index contributed by atoms with van der Waals surface area (Å²) in [6, 6.07) is 14.2. The van der Waals surface area contributed by atoms with Gasteiger partial charge >= 0.3 is 12.0 Å². The lowest BCUT2D eigenvalue weighted by Crippen LogP contribution is -2.55. The molecule has 0 saturated carbocycles. The van der Waals surface area contributed by atoms with E-state index in [1.807, 2.05) is 52.4 Å². The minimum absolute atomic E-state index is 0.305. The highest BCUT2D eigenvalue weighted by Crippen LogP contribution is 2.47. The minimum atomic E-state index is -0.667. The van der Waals surface area contributed by atoms with Crippen LogP contribution < -0.4 is 14.5 Å². The van der Waals surface area contributed by atoms with Crippen LogP contribution in [0.3, 0.4) is 0 Å². The summed E-state index contributed by atoms with van der Waals surface area (Å²) < 4.78 is 16.5. The Morgan fingerprint density at radius 1 is 1.11 bits per heavy atom. The van der Waals surface area contributed by atoms with Gasteiger partial charge in [0.05, 0.1) is 19.9 Å². The fourth-order valence-corrected chi connectivity index (χ4v) is 3.99. The zero-order valence-corrected chi connectivity index (χ0v) is 16.4. The summed E-state index contributed by atoms with van der Waals surface area (Å²) in [7, 11) is 3.26. The molecule has 0 saturated heterocycles. The summed E-state index contributed by atoms with van der Waals surface area (Å²) in [5, 5.41) is 6.57. The largest absolute Gasteiger partial charge is 0.493 e. The van der Waals surface area contributed by atoms with Gasteiger partial charge in [0.25, 0.3) is 0 Å². The van der Waals surface area contributed by atoms with Crippen molar-refractivity contribution in [1.82, 2.24) is 4.90 Å². The lowest BCUT2D eigenvalue weighted by Gasteiger charge is -2.45. The Bertz CT molecular complexity index is 944. The molecule has 2 heterocycles. The molecule has 0 amide bonds. The minimum Gasteiger partial charge on any atom is -0.493 e. The molecule has 2 aliphatic heterocycles. The molecule has 1 atom stereocenters. The molecule has 0 unspecified atom stereocenters. The van der Waals surface area contributed by atoms with Crippen molar-refractivity contribution in [1.29, 1.82) is 0 Å². The van der Waals surface area contributed by atoms with Gasteiger partial charge in [0.1, 0.15) is 0 Å². The van der Waals surface area contributed by atoms with Crippen molar-refractivity contribution in [2.24, 2.45) is 5.10 Å². The molecule has 0 bridgehead atoms. The molecule has 4 rings (SSSR count). The number of hydrogen-bond donors (Lipinski definition) is 0. The zero-order chi connectivity index (χ0) is 19.9. The average Bonchev–Trinajstić information content (AvgIpc) is 2.99. The first kappa shape index (κ1) is 18.2. The van der Waals surface area contributed by atoms with Crippen molar-refractivity contribution in [2.75, 3.05) is 25.8 Å². The lowest BCUT2D eigenvalue weighted by molar-refractivity contribution is -0.134. The average molecular weight is 381 g/mol. The number of anilines is 1. The van der Waals surface area contributed by atoms with Crippen molar-refractivity contribution >= 4 is 17.7 Å². The number of nitrogens with zero attached hydrogens (tertiary/aromatic N) is 3. The summed E-state index contributed by atoms with van der Waals surface area (Å²) in [5.74, 6) is 0.955. The summed E-state index contributed by atoms with van der Waals surface area (Å²) in [6.45, 7) is 4.12. The van der Waals surface area contributed by atoms with Crippen LogP contribution in [-0.2, 0) is 21.6 Å². The predicted molar refractivity (Wildman–Crippen MR) is 105 cm³/mol. The molecule has 28 heavy (non-hydrogen) atoms. The highest BCUT2D eigenvalue weighted by atomic mass is 16.6. The second-order valence-electron chi connectivity index (χ2n) is 6.91. The van der Waals surface area contributed by atoms with E-state index in [9.17, 15) is 4.79 Å². The summed E-state index contributed by atoms with van der Waals surface area (Å²) in [5.41, 5.74) is 2.42. The Labute approximate surface area is 164 Å². The number of para-hydroxylation sites is 1. The molecule has 0 radical (unpaired) electrons. The number of hydrazone groups is 1. The Balaban J connectivity index is 1.90. The fourth-order valence-electron chi connectivity index (χ4n) is 3.99. The zero-order valence-electron chi connectivity index (χ0n) is 16.4. The highest BCUT2D eigenvalue weighted by Gasteiger charge is 2.52. The third kappa shape index (κ3) is 2.66. The monoisotopic (exact) mass is 381 g/mol. The smallest absolute Gasteiger partial charge is 0.319 e. The van der Waals surface area contributed by atoms with E-state index in [4.69, 9.17) is 14.2 Å². The van der Waals surface area contributed by atoms with Gasteiger partial charge in [0, 0.05) is 19.0 Å². The maximum atomic E-state index is 11.7. The third-order valence-corrected chi connectivity index (χ3v) is 5.31. The molecule has 2 aromatic rings. The molecule has 0 aliphatic carbocycles. The third-order valence-electron chi connectivity index (χ3n) is 5.31. The number of carbonyl (C=O) groups excluding carboxylic acids is 1. The molecular formula is C21H23N3O4. The molecule has 2 aromatic carbocycles.